The van der Waals surface area contributed by atoms with Crippen LogP contribution in [0, 0.1) is 0 Å². The lowest BCUT2D eigenvalue weighted by Gasteiger charge is -2.30. The molecule has 0 fully saturated rings. The van der Waals surface area contributed by atoms with Crippen LogP contribution in [0.15, 0.2) is 72.8 Å². The third kappa shape index (κ3) is 3.51. The topological polar surface area (TPSA) is 58.9 Å². The quantitative estimate of drug-likeness (QED) is 0.727. The minimum absolute atomic E-state index is 0.129. The largest absolute Gasteiger partial charge is 0.508 e. The molecule has 3 aromatic rings. The fourth-order valence-corrected chi connectivity index (χ4v) is 3.16. The van der Waals surface area contributed by atoms with E-state index in [4.69, 9.17) is 9.47 Å². The summed E-state index contributed by atoms with van der Waals surface area (Å²) >= 11 is 0. The highest BCUT2D eigenvalue weighted by Crippen LogP contribution is 2.42. The van der Waals surface area contributed by atoms with Crippen molar-refractivity contribution < 1.29 is 19.7 Å². The van der Waals surface area contributed by atoms with E-state index in [1.54, 1.807) is 18.2 Å². The Morgan fingerprint density at radius 3 is 2.50 bits per heavy atom. The molecule has 0 saturated carbocycles. The number of hydrogen-bond acceptors (Lipinski definition) is 4. The highest BCUT2D eigenvalue weighted by atomic mass is 16.5. The fraction of sp³-hybridized carbons (Fsp3) is 0.182. The molecule has 2 unspecified atom stereocenters. The lowest BCUT2D eigenvalue weighted by molar-refractivity contribution is 0.0654. The van der Waals surface area contributed by atoms with E-state index in [2.05, 4.69) is 0 Å². The Morgan fingerprint density at radius 2 is 1.73 bits per heavy atom. The molecule has 4 rings (SSSR count). The Bertz CT molecular complexity index is 874. The van der Waals surface area contributed by atoms with Gasteiger partial charge >= 0.3 is 0 Å². The fourth-order valence-electron chi connectivity index (χ4n) is 3.16. The number of aliphatic hydroxyl groups is 1. The smallest absolute Gasteiger partial charge is 0.127 e. The summed E-state index contributed by atoms with van der Waals surface area (Å²) in [6.07, 6.45) is -0.448. The van der Waals surface area contributed by atoms with Gasteiger partial charge in [0.15, 0.2) is 0 Å². The van der Waals surface area contributed by atoms with Gasteiger partial charge in [-0.15, -0.1) is 0 Å². The Labute approximate surface area is 152 Å². The Kier molecular flexibility index (Phi) is 4.50. The summed E-state index contributed by atoms with van der Waals surface area (Å²) in [4.78, 5) is 0. The molecule has 26 heavy (non-hydrogen) atoms. The van der Waals surface area contributed by atoms with Crippen LogP contribution in [0.1, 0.15) is 35.3 Å². The highest BCUT2D eigenvalue weighted by molar-refractivity contribution is 5.43. The van der Waals surface area contributed by atoms with E-state index < -0.39 is 6.10 Å². The highest BCUT2D eigenvalue weighted by Gasteiger charge is 2.28. The number of rotatable bonds is 4. The molecule has 1 aliphatic heterocycles. The summed E-state index contributed by atoms with van der Waals surface area (Å²) in [6.45, 7) is 0.524. The van der Waals surface area contributed by atoms with E-state index >= 15 is 0 Å². The number of phenolic OH excluding ortho intramolecular Hbond substituents is 1. The lowest BCUT2D eigenvalue weighted by Crippen LogP contribution is -2.18. The molecule has 0 amide bonds. The molecule has 2 atom stereocenters. The average Bonchev–Trinajstić information content (AvgIpc) is 2.68. The van der Waals surface area contributed by atoms with Crippen molar-refractivity contribution in [2.24, 2.45) is 0 Å². The summed E-state index contributed by atoms with van der Waals surface area (Å²) in [5.74, 6) is 1.53. The number of benzene rings is 3. The summed E-state index contributed by atoms with van der Waals surface area (Å²) in [7, 11) is 0. The summed E-state index contributed by atoms with van der Waals surface area (Å²) in [6, 6.07) is 22.6. The molecule has 4 heteroatoms. The Morgan fingerprint density at radius 1 is 0.962 bits per heavy atom. The Balaban J connectivity index is 1.45. The number of fused-ring (bicyclic) bond motifs is 1. The first-order valence-corrected chi connectivity index (χ1v) is 8.63. The maximum atomic E-state index is 10.4. The van der Waals surface area contributed by atoms with Crippen molar-refractivity contribution in [3.05, 3.63) is 89.5 Å². The second-order valence-corrected chi connectivity index (χ2v) is 6.42. The molecule has 0 spiro atoms. The molecule has 0 bridgehead atoms. The summed E-state index contributed by atoms with van der Waals surface area (Å²) in [5.41, 5.74) is 2.73. The number of hydrogen-bond donors (Lipinski definition) is 2. The Hall–Kier alpha value is -2.98. The predicted molar refractivity (Wildman–Crippen MR) is 98.3 cm³/mol. The van der Waals surface area contributed by atoms with Crippen LogP contribution in [0.2, 0.25) is 0 Å². The maximum Gasteiger partial charge on any atom is 0.127 e. The molecule has 3 aromatic carbocycles. The van der Waals surface area contributed by atoms with Crippen molar-refractivity contribution in [1.29, 1.82) is 0 Å². The van der Waals surface area contributed by atoms with E-state index in [0.29, 0.717) is 24.3 Å². The zero-order chi connectivity index (χ0) is 17.9. The first-order valence-electron chi connectivity index (χ1n) is 8.63. The van der Waals surface area contributed by atoms with Gasteiger partial charge in [-0.05, 0) is 41.5 Å². The van der Waals surface area contributed by atoms with Crippen LogP contribution in [0.3, 0.4) is 0 Å². The van der Waals surface area contributed by atoms with Crippen LogP contribution >= 0.6 is 0 Å². The second-order valence-electron chi connectivity index (χ2n) is 6.42. The van der Waals surface area contributed by atoms with Gasteiger partial charge in [0.25, 0.3) is 0 Å². The van der Waals surface area contributed by atoms with Crippen molar-refractivity contribution in [2.45, 2.75) is 25.2 Å². The lowest BCUT2D eigenvalue weighted by atomic mass is 9.95. The van der Waals surface area contributed by atoms with Crippen molar-refractivity contribution >= 4 is 0 Å². The molecule has 1 heterocycles. The van der Waals surface area contributed by atoms with E-state index in [9.17, 15) is 10.2 Å². The zero-order valence-corrected chi connectivity index (χ0v) is 14.2. The van der Waals surface area contributed by atoms with Gasteiger partial charge in [0.2, 0.25) is 0 Å². The van der Waals surface area contributed by atoms with Crippen molar-refractivity contribution in [2.75, 3.05) is 0 Å². The van der Waals surface area contributed by atoms with Gasteiger partial charge in [0.05, 0.1) is 6.10 Å². The van der Waals surface area contributed by atoms with Crippen LogP contribution in [0.25, 0.3) is 0 Å². The van der Waals surface area contributed by atoms with Crippen LogP contribution in [0.4, 0.5) is 0 Å². The van der Waals surface area contributed by atoms with Crippen LogP contribution in [-0.2, 0) is 6.61 Å². The first kappa shape index (κ1) is 16.5. The number of ether oxygens (including phenoxy) is 2. The number of phenols is 1. The minimum Gasteiger partial charge on any atom is -0.508 e. The third-order valence-electron chi connectivity index (χ3n) is 4.56. The third-order valence-corrected chi connectivity index (χ3v) is 4.56. The monoisotopic (exact) mass is 348 g/mol. The molecule has 0 saturated heterocycles. The molecule has 2 N–H and O–H groups in total. The van der Waals surface area contributed by atoms with E-state index in [1.807, 2.05) is 54.6 Å². The second kappa shape index (κ2) is 7.10. The van der Waals surface area contributed by atoms with Gasteiger partial charge < -0.3 is 19.7 Å². The van der Waals surface area contributed by atoms with Gasteiger partial charge in [-0.1, -0.05) is 42.5 Å². The molecule has 1 aliphatic rings. The van der Waals surface area contributed by atoms with Crippen molar-refractivity contribution in [3.63, 3.8) is 0 Å². The van der Waals surface area contributed by atoms with E-state index in [1.165, 1.54) is 0 Å². The first-order chi connectivity index (χ1) is 12.7. The SMILES string of the molecule is Oc1ccc2c(c1)C(O)CC(c1ccc(OCc3ccccc3)cc1)O2. The van der Waals surface area contributed by atoms with Gasteiger partial charge in [0.1, 0.15) is 30.0 Å². The molecular formula is C22H20O4. The van der Waals surface area contributed by atoms with Crippen LogP contribution in [-0.4, -0.2) is 10.2 Å². The molecular weight excluding hydrogens is 328 g/mol. The molecule has 0 aromatic heterocycles. The normalized spacial score (nSPS) is 18.7. The summed E-state index contributed by atoms with van der Waals surface area (Å²) in [5, 5.41) is 19.9. The number of aliphatic hydroxyl groups excluding tert-OH is 1. The zero-order valence-electron chi connectivity index (χ0n) is 14.2. The van der Waals surface area contributed by atoms with Crippen molar-refractivity contribution in [3.8, 4) is 17.2 Å². The van der Waals surface area contributed by atoms with Gasteiger partial charge in [-0.2, -0.15) is 0 Å². The minimum atomic E-state index is -0.662. The maximum absolute atomic E-state index is 10.4. The van der Waals surface area contributed by atoms with Gasteiger partial charge in [-0.25, -0.2) is 0 Å². The predicted octanol–water partition coefficient (Wildman–Crippen LogP) is 4.53. The van der Waals surface area contributed by atoms with Crippen LogP contribution < -0.4 is 9.47 Å². The molecule has 0 aliphatic carbocycles. The average molecular weight is 348 g/mol. The summed E-state index contributed by atoms with van der Waals surface area (Å²) < 4.78 is 11.8. The standard InChI is InChI=1S/C22H20O4/c23-17-8-11-21-19(12-17)20(24)13-22(26-21)16-6-9-18(10-7-16)25-14-15-4-2-1-3-5-15/h1-12,20,22-24H,13-14H2. The number of aromatic hydroxyl groups is 1. The molecule has 0 radical (unpaired) electrons. The van der Waals surface area contributed by atoms with Crippen molar-refractivity contribution in [1.82, 2.24) is 0 Å². The molecule has 4 nitrogen and oxygen atoms in total. The van der Waals surface area contributed by atoms with Gasteiger partial charge in [-0.3, -0.25) is 0 Å². The molecule has 132 valence electrons. The van der Waals surface area contributed by atoms with E-state index in [-0.39, 0.29) is 11.9 Å². The van der Waals surface area contributed by atoms with Crippen LogP contribution in [0.5, 0.6) is 17.2 Å². The van der Waals surface area contributed by atoms with Gasteiger partial charge in [0, 0.05) is 12.0 Å². The van der Waals surface area contributed by atoms with E-state index in [0.717, 1.165) is 16.9 Å².